The molecule has 0 aliphatic heterocycles. The molecule has 128 valence electrons. The summed E-state index contributed by atoms with van der Waals surface area (Å²) in [5.41, 5.74) is 3.14. The highest BCUT2D eigenvalue weighted by atomic mass is 79.9. The Morgan fingerprint density at radius 1 is 1.36 bits per heavy atom. The van der Waals surface area contributed by atoms with Crippen molar-refractivity contribution in [1.29, 1.82) is 0 Å². The molecule has 1 unspecified atom stereocenters. The molecule has 1 fully saturated rings. The van der Waals surface area contributed by atoms with E-state index in [4.69, 9.17) is 11.6 Å². The number of benzene rings is 1. The van der Waals surface area contributed by atoms with Crippen LogP contribution in [0.25, 0.3) is 10.5 Å². The summed E-state index contributed by atoms with van der Waals surface area (Å²) in [6, 6.07) is 9.68. The summed E-state index contributed by atoms with van der Waals surface area (Å²) in [6.07, 6.45) is 2.45. The number of hydrogen-bond donors (Lipinski definition) is 0. The number of carbonyl (C=O) groups is 1. The first kappa shape index (κ1) is 16.5. The summed E-state index contributed by atoms with van der Waals surface area (Å²) in [5.74, 6) is 0.297. The van der Waals surface area contributed by atoms with E-state index in [0.29, 0.717) is 6.42 Å². The molecule has 0 spiro atoms. The molecule has 5 heteroatoms. The monoisotopic (exact) mass is 397 g/mol. The zero-order valence-electron chi connectivity index (χ0n) is 14.4. The lowest BCUT2D eigenvalue weighted by Gasteiger charge is -2.46. The van der Waals surface area contributed by atoms with E-state index in [2.05, 4.69) is 44.4 Å². The van der Waals surface area contributed by atoms with Gasteiger partial charge >= 0.3 is 0 Å². The zero-order valence-corrected chi connectivity index (χ0v) is 16.0. The standard InChI is InChI=1S/C20H20BrN3O/c1-12-14-9-10-16-18(20(14,2)11-15(22-3)17(12)25)23-19(21)24(16)13-7-5-4-6-8-13/h4-8,12,14-15H,9-11H2,1-2H3/t12-,14-,15?,20-/m0/s1. The topological polar surface area (TPSA) is 39.2 Å². The zero-order chi connectivity index (χ0) is 17.8. The Hall–Kier alpha value is -1.93. The van der Waals surface area contributed by atoms with E-state index in [1.165, 1.54) is 5.69 Å². The van der Waals surface area contributed by atoms with E-state index in [-0.39, 0.29) is 23.0 Å². The molecule has 4 rings (SSSR count). The minimum absolute atomic E-state index is 0.0772. The van der Waals surface area contributed by atoms with Crippen LogP contribution in [0.1, 0.15) is 38.1 Å². The number of halogens is 1. The van der Waals surface area contributed by atoms with E-state index in [9.17, 15) is 4.79 Å². The van der Waals surface area contributed by atoms with Crippen molar-refractivity contribution in [2.45, 2.75) is 44.6 Å². The molecule has 0 radical (unpaired) electrons. The van der Waals surface area contributed by atoms with Crippen molar-refractivity contribution in [2.24, 2.45) is 11.8 Å². The molecule has 25 heavy (non-hydrogen) atoms. The van der Waals surface area contributed by atoms with E-state index < -0.39 is 6.04 Å². The maximum atomic E-state index is 12.5. The second-order valence-electron chi connectivity index (χ2n) is 7.45. The smallest absolute Gasteiger partial charge is 0.282 e. The number of Topliss-reactive ketones (excluding diaryl/α,β-unsaturated/α-hetero) is 1. The van der Waals surface area contributed by atoms with Gasteiger partial charge in [-0.3, -0.25) is 9.36 Å². The molecular weight excluding hydrogens is 378 g/mol. The predicted molar refractivity (Wildman–Crippen MR) is 99.6 cm³/mol. The minimum atomic E-state index is -0.539. The number of aromatic nitrogens is 2. The number of rotatable bonds is 1. The van der Waals surface area contributed by atoms with Gasteiger partial charge in [0, 0.05) is 29.1 Å². The van der Waals surface area contributed by atoms with Crippen LogP contribution in [0.4, 0.5) is 0 Å². The third kappa shape index (κ3) is 2.31. The molecule has 0 amide bonds. The van der Waals surface area contributed by atoms with Crippen molar-refractivity contribution in [3.05, 3.63) is 57.9 Å². The molecule has 0 bridgehead atoms. The van der Waals surface area contributed by atoms with Gasteiger partial charge in [-0.05, 0) is 46.8 Å². The van der Waals surface area contributed by atoms with Crippen molar-refractivity contribution in [3.8, 4) is 5.69 Å². The largest absolute Gasteiger partial charge is 0.305 e. The molecule has 1 heterocycles. The van der Waals surface area contributed by atoms with E-state index in [1.807, 2.05) is 25.1 Å². The number of nitrogens with zero attached hydrogens (tertiary/aromatic N) is 3. The Morgan fingerprint density at radius 2 is 2.08 bits per heavy atom. The van der Waals surface area contributed by atoms with Crippen LogP contribution in [0.15, 0.2) is 35.1 Å². The van der Waals surface area contributed by atoms with Crippen LogP contribution in [0.3, 0.4) is 0 Å². The third-order valence-corrected chi connectivity index (χ3v) is 6.68. The molecular formula is C20H20BrN3O. The van der Waals surface area contributed by atoms with Crippen LogP contribution < -0.4 is 0 Å². The van der Waals surface area contributed by atoms with Crippen molar-refractivity contribution in [3.63, 3.8) is 0 Å². The Bertz CT molecular complexity index is 882. The number of ketones is 1. The lowest BCUT2D eigenvalue weighted by atomic mass is 9.56. The Kier molecular flexibility index (Phi) is 3.84. The van der Waals surface area contributed by atoms with E-state index in [0.717, 1.165) is 29.0 Å². The lowest BCUT2D eigenvalue weighted by Crippen LogP contribution is -2.51. The van der Waals surface area contributed by atoms with Crippen LogP contribution in [0.5, 0.6) is 0 Å². The van der Waals surface area contributed by atoms with E-state index in [1.54, 1.807) is 0 Å². The quantitative estimate of drug-likeness (QED) is 0.670. The summed E-state index contributed by atoms with van der Waals surface area (Å²) < 4.78 is 2.97. The number of imidazole rings is 1. The number of carbonyl (C=O) groups excluding carboxylic acids is 1. The molecule has 1 saturated carbocycles. The molecule has 2 aliphatic carbocycles. The molecule has 0 saturated heterocycles. The molecule has 4 nitrogen and oxygen atoms in total. The normalized spacial score (nSPS) is 31.1. The van der Waals surface area contributed by atoms with Crippen LogP contribution in [-0.2, 0) is 16.6 Å². The summed E-state index contributed by atoms with van der Waals surface area (Å²) in [7, 11) is 0. The van der Waals surface area contributed by atoms with Gasteiger partial charge in [-0.1, -0.05) is 32.0 Å². The van der Waals surface area contributed by atoms with Crippen LogP contribution in [0.2, 0.25) is 0 Å². The second kappa shape index (κ2) is 5.81. The molecule has 0 N–H and O–H groups in total. The van der Waals surface area contributed by atoms with Gasteiger partial charge in [-0.15, -0.1) is 0 Å². The molecule has 1 aromatic heterocycles. The number of hydrogen-bond acceptors (Lipinski definition) is 2. The molecule has 2 aliphatic rings. The van der Waals surface area contributed by atoms with Crippen LogP contribution in [-0.4, -0.2) is 21.4 Å². The highest BCUT2D eigenvalue weighted by Gasteiger charge is 2.56. The first-order chi connectivity index (χ1) is 12.0. The number of fused-ring (bicyclic) bond motifs is 3. The van der Waals surface area contributed by atoms with Crippen molar-refractivity contribution >= 4 is 21.7 Å². The number of para-hydroxylation sites is 1. The van der Waals surface area contributed by atoms with E-state index >= 15 is 0 Å². The van der Waals surface area contributed by atoms with Gasteiger partial charge in [0.1, 0.15) is 0 Å². The van der Waals surface area contributed by atoms with Gasteiger partial charge < -0.3 is 4.85 Å². The predicted octanol–water partition coefficient (Wildman–Crippen LogP) is 4.35. The van der Waals surface area contributed by atoms with Gasteiger partial charge in [-0.2, -0.15) is 0 Å². The van der Waals surface area contributed by atoms with Crippen molar-refractivity contribution < 1.29 is 4.79 Å². The van der Waals surface area contributed by atoms with Crippen molar-refractivity contribution in [1.82, 2.24) is 9.55 Å². The van der Waals surface area contributed by atoms with Gasteiger partial charge in [0.25, 0.3) is 6.04 Å². The average Bonchev–Trinajstić information content (AvgIpc) is 2.96. The Balaban J connectivity index is 1.87. The maximum Gasteiger partial charge on any atom is 0.282 e. The minimum Gasteiger partial charge on any atom is -0.305 e. The summed E-state index contributed by atoms with van der Waals surface area (Å²) in [5, 5.41) is 0. The van der Waals surface area contributed by atoms with Crippen molar-refractivity contribution in [2.75, 3.05) is 0 Å². The van der Waals surface area contributed by atoms with Gasteiger partial charge in [0.15, 0.2) is 4.73 Å². The third-order valence-electron chi connectivity index (χ3n) is 6.15. The Labute approximate surface area is 156 Å². The van der Waals surface area contributed by atoms with Gasteiger partial charge in [-0.25, -0.2) is 11.6 Å². The SMILES string of the molecule is [C-]#[N+]C1C[C@]2(C)c3nc(Br)n(-c4ccccc4)c3CC[C@H]2[C@H](C)C1=O. The van der Waals surface area contributed by atoms with Gasteiger partial charge in [0.2, 0.25) is 5.78 Å². The summed E-state index contributed by atoms with van der Waals surface area (Å²) in [6.45, 7) is 11.6. The lowest BCUT2D eigenvalue weighted by molar-refractivity contribution is -0.129. The average molecular weight is 398 g/mol. The highest BCUT2D eigenvalue weighted by molar-refractivity contribution is 9.10. The Morgan fingerprint density at radius 3 is 2.76 bits per heavy atom. The maximum absolute atomic E-state index is 12.5. The molecule has 2 aromatic rings. The van der Waals surface area contributed by atoms with Crippen LogP contribution >= 0.6 is 15.9 Å². The fraction of sp³-hybridized carbons (Fsp3) is 0.450. The van der Waals surface area contributed by atoms with Crippen LogP contribution in [0, 0.1) is 18.4 Å². The van der Waals surface area contributed by atoms with Gasteiger partial charge in [0.05, 0.1) is 5.69 Å². The molecule has 4 atom stereocenters. The highest BCUT2D eigenvalue weighted by Crippen LogP contribution is 2.52. The summed E-state index contributed by atoms with van der Waals surface area (Å²) >= 11 is 3.64. The molecule has 1 aromatic carbocycles. The summed E-state index contributed by atoms with van der Waals surface area (Å²) in [4.78, 5) is 21.0. The first-order valence-electron chi connectivity index (χ1n) is 8.70. The fourth-order valence-electron chi connectivity index (χ4n) is 4.90. The second-order valence-corrected chi connectivity index (χ2v) is 8.16. The first-order valence-corrected chi connectivity index (χ1v) is 9.50. The fourth-order valence-corrected chi connectivity index (χ4v) is 5.50.